The summed E-state index contributed by atoms with van der Waals surface area (Å²) in [5.41, 5.74) is 0. The quantitative estimate of drug-likeness (QED) is 0.614. The van der Waals surface area contributed by atoms with Crippen LogP contribution in [0.1, 0.15) is 0 Å². The van der Waals surface area contributed by atoms with Crippen LogP contribution < -0.4 is 5.30 Å². The van der Waals surface area contributed by atoms with Crippen molar-refractivity contribution < 1.29 is 0 Å². The largest absolute Gasteiger partial charge is 0.0924 e. The average Bonchev–Trinajstić information content (AvgIpc) is 1.89. The van der Waals surface area contributed by atoms with E-state index >= 15 is 0 Å². The van der Waals surface area contributed by atoms with Gasteiger partial charge in [0.1, 0.15) is 0 Å². The Morgan fingerprint density at radius 2 is 2.00 bits per heavy atom. The van der Waals surface area contributed by atoms with E-state index in [9.17, 15) is 0 Å². The molecule has 1 rings (SSSR count). The molecule has 0 spiro atoms. The normalized spacial score (nSPS) is 10.9. The van der Waals surface area contributed by atoms with Crippen LogP contribution in [0.3, 0.4) is 0 Å². The smallest absolute Gasteiger partial charge is 0.0249 e. The van der Waals surface area contributed by atoms with E-state index in [0.29, 0.717) is 0 Å². The summed E-state index contributed by atoms with van der Waals surface area (Å²) in [6.45, 7) is 2.18. The molecule has 0 bridgehead atoms. The van der Waals surface area contributed by atoms with Crippen LogP contribution in [0.15, 0.2) is 28.7 Å². The van der Waals surface area contributed by atoms with Gasteiger partial charge in [-0.25, -0.2) is 0 Å². The summed E-state index contributed by atoms with van der Waals surface area (Å²) in [6.07, 6.45) is 0. The van der Waals surface area contributed by atoms with Gasteiger partial charge in [-0.2, -0.15) is 0 Å². The van der Waals surface area contributed by atoms with Crippen LogP contribution in [0, 0.1) is 0 Å². The molecule has 0 radical (unpaired) electrons. The molecular formula is C7H8BrP. The number of benzene rings is 1. The van der Waals surface area contributed by atoms with Crippen molar-refractivity contribution in [2.75, 3.05) is 6.66 Å². The van der Waals surface area contributed by atoms with Crippen LogP contribution in [-0.2, 0) is 0 Å². The molecule has 0 aromatic heterocycles. The van der Waals surface area contributed by atoms with Crippen molar-refractivity contribution in [2.24, 2.45) is 0 Å². The molecule has 1 aromatic carbocycles. The number of rotatable bonds is 1. The maximum absolute atomic E-state index is 3.46. The Hall–Kier alpha value is 0.130. The summed E-state index contributed by atoms with van der Waals surface area (Å²) < 4.78 is 1.23. The van der Waals surface area contributed by atoms with E-state index in [-0.39, 0.29) is 0 Å². The summed E-state index contributed by atoms with van der Waals surface area (Å²) in [5.74, 6) is 0. The van der Waals surface area contributed by atoms with E-state index in [4.69, 9.17) is 0 Å². The van der Waals surface area contributed by atoms with Crippen molar-refractivity contribution in [1.29, 1.82) is 0 Å². The van der Waals surface area contributed by atoms with Gasteiger partial charge in [-0.15, -0.1) is 0 Å². The third kappa shape index (κ3) is 1.77. The van der Waals surface area contributed by atoms with E-state index in [0.717, 1.165) is 8.58 Å². The lowest BCUT2D eigenvalue weighted by atomic mass is 10.4. The van der Waals surface area contributed by atoms with Gasteiger partial charge in [0.25, 0.3) is 0 Å². The fourth-order valence-corrected chi connectivity index (χ4v) is 2.13. The molecule has 48 valence electrons. The number of halogens is 1. The highest BCUT2D eigenvalue weighted by Gasteiger charge is 1.91. The first-order valence-corrected chi connectivity index (χ1v) is 5.06. The zero-order valence-electron chi connectivity index (χ0n) is 5.19. The molecule has 9 heavy (non-hydrogen) atoms. The van der Waals surface area contributed by atoms with Gasteiger partial charge in [0.05, 0.1) is 0 Å². The highest BCUT2D eigenvalue weighted by atomic mass is 79.9. The minimum atomic E-state index is 0.882. The fourth-order valence-electron chi connectivity index (χ4n) is 0.664. The maximum Gasteiger partial charge on any atom is 0.0249 e. The van der Waals surface area contributed by atoms with Gasteiger partial charge in [0.15, 0.2) is 0 Å². The standard InChI is InChI=1S/C7H8BrP/c1-9-7-5-3-2-4-6(7)8/h2-5,9H,1H3. The van der Waals surface area contributed by atoms with E-state index in [1.807, 2.05) is 6.07 Å². The molecule has 0 N–H and O–H groups in total. The first kappa shape index (κ1) is 7.24. The second-order valence-corrected chi connectivity index (χ2v) is 3.62. The monoisotopic (exact) mass is 202 g/mol. The lowest BCUT2D eigenvalue weighted by Gasteiger charge is -1.96. The SMILES string of the molecule is CPc1ccccc1Br. The summed E-state index contributed by atoms with van der Waals surface area (Å²) in [5, 5.41) is 1.40. The number of hydrogen-bond acceptors (Lipinski definition) is 0. The summed E-state index contributed by atoms with van der Waals surface area (Å²) in [4.78, 5) is 0. The molecular weight excluding hydrogens is 195 g/mol. The Bertz CT molecular complexity index is 198. The molecule has 0 aliphatic rings. The van der Waals surface area contributed by atoms with Crippen molar-refractivity contribution in [3.8, 4) is 0 Å². The minimum Gasteiger partial charge on any atom is -0.0924 e. The maximum atomic E-state index is 3.46. The summed E-state index contributed by atoms with van der Waals surface area (Å²) in [6, 6.07) is 8.32. The van der Waals surface area contributed by atoms with Gasteiger partial charge in [0.2, 0.25) is 0 Å². The first-order valence-electron chi connectivity index (χ1n) is 2.77. The van der Waals surface area contributed by atoms with Crippen LogP contribution in [0.4, 0.5) is 0 Å². The van der Waals surface area contributed by atoms with Gasteiger partial charge in [-0.05, 0) is 18.0 Å². The van der Waals surface area contributed by atoms with E-state index in [1.165, 1.54) is 9.78 Å². The Balaban J connectivity index is 3.01. The fraction of sp³-hybridized carbons (Fsp3) is 0.143. The molecule has 1 atom stereocenters. The topological polar surface area (TPSA) is 0 Å². The second kappa shape index (κ2) is 3.34. The second-order valence-electron chi connectivity index (χ2n) is 1.73. The molecule has 2 heteroatoms. The van der Waals surface area contributed by atoms with Crippen LogP contribution >= 0.6 is 24.5 Å². The highest BCUT2D eigenvalue weighted by Crippen LogP contribution is 2.13. The molecule has 0 heterocycles. The molecule has 0 saturated carbocycles. The van der Waals surface area contributed by atoms with Gasteiger partial charge in [0, 0.05) is 4.47 Å². The van der Waals surface area contributed by atoms with E-state index in [2.05, 4.69) is 40.8 Å². The predicted octanol–water partition coefficient (Wildman–Crippen LogP) is 2.38. The summed E-state index contributed by atoms with van der Waals surface area (Å²) >= 11 is 3.46. The number of hydrogen-bond donors (Lipinski definition) is 0. The highest BCUT2D eigenvalue weighted by molar-refractivity contribution is 9.10. The van der Waals surface area contributed by atoms with Crippen LogP contribution in [0.2, 0.25) is 0 Å². The third-order valence-corrected chi connectivity index (χ3v) is 3.18. The van der Waals surface area contributed by atoms with Crippen LogP contribution in [0.5, 0.6) is 0 Å². The molecule has 1 unspecified atom stereocenters. The van der Waals surface area contributed by atoms with Crippen LogP contribution in [0.25, 0.3) is 0 Å². The van der Waals surface area contributed by atoms with Crippen molar-refractivity contribution in [3.63, 3.8) is 0 Å². The van der Waals surface area contributed by atoms with E-state index < -0.39 is 0 Å². The summed E-state index contributed by atoms with van der Waals surface area (Å²) in [7, 11) is 0.882. The van der Waals surface area contributed by atoms with Crippen molar-refractivity contribution in [3.05, 3.63) is 28.7 Å². The van der Waals surface area contributed by atoms with E-state index in [1.54, 1.807) is 0 Å². The van der Waals surface area contributed by atoms with Gasteiger partial charge in [-0.3, -0.25) is 0 Å². The average molecular weight is 203 g/mol. The zero-order valence-corrected chi connectivity index (χ0v) is 7.77. The van der Waals surface area contributed by atoms with Gasteiger partial charge >= 0.3 is 0 Å². The van der Waals surface area contributed by atoms with Crippen molar-refractivity contribution in [1.82, 2.24) is 0 Å². The molecule has 0 amide bonds. The minimum absolute atomic E-state index is 0.882. The molecule has 0 nitrogen and oxygen atoms in total. The van der Waals surface area contributed by atoms with Crippen LogP contribution in [-0.4, -0.2) is 6.66 Å². The Kier molecular flexibility index (Phi) is 2.68. The molecule has 1 aromatic rings. The Labute approximate surface area is 65.6 Å². The Morgan fingerprint density at radius 1 is 1.33 bits per heavy atom. The van der Waals surface area contributed by atoms with Gasteiger partial charge in [-0.1, -0.05) is 42.7 Å². The zero-order chi connectivity index (χ0) is 6.69. The lowest BCUT2D eigenvalue weighted by Crippen LogP contribution is -1.92. The third-order valence-electron chi connectivity index (χ3n) is 1.14. The Morgan fingerprint density at radius 3 is 2.44 bits per heavy atom. The predicted molar refractivity (Wildman–Crippen MR) is 48.0 cm³/mol. The van der Waals surface area contributed by atoms with Crippen molar-refractivity contribution >= 4 is 29.8 Å². The molecule has 0 aliphatic heterocycles. The van der Waals surface area contributed by atoms with Crippen molar-refractivity contribution in [2.45, 2.75) is 0 Å². The molecule has 0 aliphatic carbocycles. The lowest BCUT2D eigenvalue weighted by molar-refractivity contribution is 1.72. The molecule has 0 fully saturated rings. The van der Waals surface area contributed by atoms with Gasteiger partial charge < -0.3 is 0 Å². The first-order chi connectivity index (χ1) is 4.34. The molecule has 0 saturated heterocycles.